The molecular formula is C19H23N3O7. The molecule has 1 saturated heterocycles. The van der Waals surface area contributed by atoms with Crippen molar-refractivity contribution in [2.75, 3.05) is 0 Å². The predicted molar refractivity (Wildman–Crippen MR) is 100 cm³/mol. The Morgan fingerprint density at radius 3 is 2.66 bits per heavy atom. The van der Waals surface area contributed by atoms with Gasteiger partial charge in [-0.2, -0.15) is 0 Å². The Labute approximate surface area is 166 Å². The summed E-state index contributed by atoms with van der Waals surface area (Å²) in [7, 11) is 0. The number of nitrogens with one attached hydrogen (secondary N) is 1. The normalized spacial score (nSPS) is 26.4. The number of aromatic amines is 1. The number of nitrogens with two attached hydrogens (primary N) is 1. The van der Waals surface area contributed by atoms with Gasteiger partial charge in [0.05, 0.1) is 6.61 Å². The van der Waals surface area contributed by atoms with Gasteiger partial charge in [0.2, 0.25) is 5.79 Å². The Kier molecular flexibility index (Phi) is 6.28. The molecule has 1 aliphatic rings. The summed E-state index contributed by atoms with van der Waals surface area (Å²) in [5.74, 6) is 3.99. The summed E-state index contributed by atoms with van der Waals surface area (Å²) in [6, 6.07) is 9.34. The van der Waals surface area contributed by atoms with Crippen LogP contribution in [0.2, 0.25) is 0 Å². The van der Waals surface area contributed by atoms with Crippen molar-refractivity contribution in [1.29, 1.82) is 0 Å². The summed E-state index contributed by atoms with van der Waals surface area (Å²) in [6.07, 6.45) is -1.49. The third-order valence-corrected chi connectivity index (χ3v) is 4.92. The fraction of sp³-hybridized carbons (Fsp3) is 0.421. The van der Waals surface area contributed by atoms with E-state index in [2.05, 4.69) is 4.98 Å². The maximum Gasteiger partial charge on any atom is 0.330 e. The number of carbonyl (C=O) groups excluding carboxylic acids is 1. The highest BCUT2D eigenvalue weighted by molar-refractivity contribution is 5.38. The summed E-state index contributed by atoms with van der Waals surface area (Å²) < 4.78 is 18.4. The molecular weight excluding hydrogens is 382 g/mol. The molecule has 10 nitrogen and oxygen atoms in total. The van der Waals surface area contributed by atoms with Crippen molar-refractivity contribution in [3.63, 3.8) is 0 Å². The number of rotatable bonds is 8. The first-order chi connectivity index (χ1) is 14.0. The van der Waals surface area contributed by atoms with E-state index in [0.29, 0.717) is 0 Å². The molecule has 0 aliphatic carbocycles. The Hall–Kier alpha value is -2.79. The van der Waals surface area contributed by atoms with E-state index in [1.165, 1.54) is 6.20 Å². The Bertz CT molecular complexity index is 958. The van der Waals surface area contributed by atoms with Crippen LogP contribution in [0.1, 0.15) is 30.7 Å². The molecule has 2 aromatic rings. The fourth-order valence-electron chi connectivity index (χ4n) is 3.39. The van der Waals surface area contributed by atoms with Crippen molar-refractivity contribution >= 4 is 6.47 Å². The summed E-state index contributed by atoms with van der Waals surface area (Å²) in [5.41, 5.74) is -0.0689. The zero-order chi connectivity index (χ0) is 21.0. The summed E-state index contributed by atoms with van der Waals surface area (Å²) >= 11 is 0. The van der Waals surface area contributed by atoms with Crippen LogP contribution in [0.25, 0.3) is 0 Å². The van der Waals surface area contributed by atoms with Gasteiger partial charge in [0, 0.05) is 18.2 Å². The van der Waals surface area contributed by atoms with Crippen molar-refractivity contribution in [3.05, 3.63) is 68.5 Å². The molecule has 1 aromatic carbocycles. The van der Waals surface area contributed by atoms with Crippen LogP contribution in [-0.4, -0.2) is 34.0 Å². The molecule has 0 saturated carbocycles. The molecule has 29 heavy (non-hydrogen) atoms. The average Bonchev–Trinajstić information content (AvgIpc) is 3.03. The lowest BCUT2D eigenvalue weighted by Gasteiger charge is -2.31. The minimum Gasteiger partial charge on any atom is -0.432 e. The minimum absolute atomic E-state index is 0.172. The maximum absolute atomic E-state index is 12.4. The van der Waals surface area contributed by atoms with E-state index in [4.69, 9.17) is 24.9 Å². The van der Waals surface area contributed by atoms with Gasteiger partial charge in [-0.05, 0) is 12.5 Å². The van der Waals surface area contributed by atoms with E-state index in [0.717, 1.165) is 10.1 Å². The lowest BCUT2D eigenvalue weighted by molar-refractivity contribution is -0.257. The number of carbonyl (C=O) groups is 1. The molecule has 3 rings (SSSR count). The quantitative estimate of drug-likeness (QED) is 0.479. The number of aromatic nitrogens is 2. The lowest BCUT2D eigenvalue weighted by atomic mass is 10.0. The smallest absolute Gasteiger partial charge is 0.330 e. The second-order valence-corrected chi connectivity index (χ2v) is 6.68. The van der Waals surface area contributed by atoms with Gasteiger partial charge >= 0.3 is 5.69 Å². The second-order valence-electron chi connectivity index (χ2n) is 6.68. The molecule has 0 radical (unpaired) electrons. The minimum atomic E-state index is -1.53. The van der Waals surface area contributed by atoms with E-state index in [1.54, 1.807) is 13.8 Å². The van der Waals surface area contributed by atoms with Crippen LogP contribution in [0.15, 0.2) is 46.1 Å². The monoisotopic (exact) mass is 405 g/mol. The third kappa shape index (κ3) is 4.01. The Morgan fingerprint density at radius 1 is 1.31 bits per heavy atom. The van der Waals surface area contributed by atoms with Crippen molar-refractivity contribution in [2.45, 2.75) is 51.1 Å². The third-order valence-electron chi connectivity index (χ3n) is 4.92. The maximum atomic E-state index is 12.4. The molecule has 1 unspecified atom stereocenters. The first-order valence-corrected chi connectivity index (χ1v) is 9.08. The highest BCUT2D eigenvalue weighted by Crippen LogP contribution is 2.42. The van der Waals surface area contributed by atoms with Crippen LogP contribution in [0.5, 0.6) is 0 Å². The van der Waals surface area contributed by atoms with E-state index in [-0.39, 0.29) is 25.1 Å². The molecule has 1 fully saturated rings. The van der Waals surface area contributed by atoms with E-state index < -0.39 is 35.5 Å². The molecule has 1 aliphatic heterocycles. The first kappa shape index (κ1) is 20.9. The SMILES string of the molecule is CC[C@@]1(OC=O)O[C@@H](n2cc(C)c(=O)[nH]c2=O)[C@@H](ON)C1OCc1ccccc1. The summed E-state index contributed by atoms with van der Waals surface area (Å²) in [4.78, 5) is 42.6. The van der Waals surface area contributed by atoms with Gasteiger partial charge < -0.3 is 14.2 Å². The van der Waals surface area contributed by atoms with E-state index in [1.807, 2.05) is 30.3 Å². The number of benzene rings is 1. The standard InChI is InChI=1S/C19H23N3O7/c1-3-19(27-11-23)15(26-10-13-7-5-4-6-8-13)14(29-20)17(28-19)22-9-12(2)16(24)21-18(22)25/h4-9,11,14-15,17H,3,10,20H2,1-2H3,(H,21,24,25)/t14-,15?,17+,19+/m0/s1. The van der Waals surface area contributed by atoms with Crippen LogP contribution in [-0.2, 0) is 30.4 Å². The molecule has 0 spiro atoms. The topological polar surface area (TPSA) is 135 Å². The van der Waals surface area contributed by atoms with E-state index >= 15 is 0 Å². The van der Waals surface area contributed by atoms with Crippen LogP contribution < -0.4 is 17.1 Å². The number of aryl methyl sites for hydroxylation is 1. The van der Waals surface area contributed by atoms with Crippen molar-refractivity contribution in [2.24, 2.45) is 5.90 Å². The largest absolute Gasteiger partial charge is 0.432 e. The molecule has 1 aromatic heterocycles. The van der Waals surface area contributed by atoms with Gasteiger partial charge in [-0.3, -0.25) is 24.0 Å². The predicted octanol–water partition coefficient (Wildman–Crippen LogP) is 0.497. The summed E-state index contributed by atoms with van der Waals surface area (Å²) in [6.45, 7) is 3.70. The van der Waals surface area contributed by atoms with Crippen LogP contribution in [0.3, 0.4) is 0 Å². The van der Waals surface area contributed by atoms with Gasteiger partial charge in [0.1, 0.15) is 0 Å². The number of hydrogen-bond acceptors (Lipinski definition) is 8. The summed E-state index contributed by atoms with van der Waals surface area (Å²) in [5, 5.41) is 0. The van der Waals surface area contributed by atoms with Gasteiger partial charge in [-0.15, -0.1) is 0 Å². The zero-order valence-corrected chi connectivity index (χ0v) is 16.1. The van der Waals surface area contributed by atoms with Gasteiger partial charge in [-0.1, -0.05) is 37.3 Å². The number of ether oxygens (including phenoxy) is 3. The lowest BCUT2D eigenvalue weighted by Crippen LogP contribution is -2.48. The molecule has 0 bridgehead atoms. The molecule has 0 amide bonds. The van der Waals surface area contributed by atoms with Crippen LogP contribution in [0, 0.1) is 6.92 Å². The number of hydrogen-bond donors (Lipinski definition) is 2. The molecule has 4 atom stereocenters. The zero-order valence-electron chi connectivity index (χ0n) is 16.1. The average molecular weight is 405 g/mol. The highest BCUT2D eigenvalue weighted by atomic mass is 16.8. The molecule has 156 valence electrons. The molecule has 3 N–H and O–H groups in total. The fourth-order valence-corrected chi connectivity index (χ4v) is 3.39. The number of nitrogens with zero attached hydrogens (tertiary/aromatic N) is 1. The molecule has 10 heteroatoms. The van der Waals surface area contributed by atoms with Gasteiger partial charge in [0.25, 0.3) is 12.0 Å². The Morgan fingerprint density at radius 2 is 2.03 bits per heavy atom. The number of H-pyrrole nitrogens is 1. The van der Waals surface area contributed by atoms with Crippen molar-refractivity contribution < 1.29 is 23.8 Å². The van der Waals surface area contributed by atoms with E-state index in [9.17, 15) is 14.4 Å². The van der Waals surface area contributed by atoms with Crippen molar-refractivity contribution in [1.82, 2.24) is 9.55 Å². The molecule has 2 heterocycles. The van der Waals surface area contributed by atoms with Gasteiger partial charge in [-0.25, -0.2) is 10.7 Å². The second kappa shape index (κ2) is 8.70. The van der Waals surface area contributed by atoms with Crippen molar-refractivity contribution in [3.8, 4) is 0 Å². The van der Waals surface area contributed by atoms with Crippen LogP contribution >= 0.6 is 0 Å². The first-order valence-electron chi connectivity index (χ1n) is 9.08. The van der Waals surface area contributed by atoms with Gasteiger partial charge in [0.15, 0.2) is 18.4 Å². The highest BCUT2D eigenvalue weighted by Gasteiger charge is 2.59. The van der Waals surface area contributed by atoms with Crippen LogP contribution in [0.4, 0.5) is 0 Å². The Balaban J connectivity index is 1.99.